The first-order valence-electron chi connectivity index (χ1n) is 3.29. The van der Waals surface area contributed by atoms with Crippen molar-refractivity contribution in [2.24, 2.45) is 0 Å². The number of ether oxygens (including phenoxy) is 1. The summed E-state index contributed by atoms with van der Waals surface area (Å²) in [6.07, 6.45) is 4.34. The van der Waals surface area contributed by atoms with E-state index in [0.29, 0.717) is 6.42 Å². The van der Waals surface area contributed by atoms with Gasteiger partial charge in [0.1, 0.15) is 0 Å². The summed E-state index contributed by atoms with van der Waals surface area (Å²) in [5.74, 6) is 0. The Labute approximate surface area is 56.1 Å². The van der Waals surface area contributed by atoms with Crippen LogP contribution in [-0.2, 0) is 4.74 Å². The summed E-state index contributed by atoms with van der Waals surface area (Å²) >= 11 is 0. The maximum atomic E-state index is 8.81. The summed E-state index contributed by atoms with van der Waals surface area (Å²) in [6.45, 7) is 3.88. The molecule has 0 aromatic rings. The Kier molecular flexibility index (Phi) is 5.32. The van der Waals surface area contributed by atoms with Crippen molar-refractivity contribution < 1.29 is 9.84 Å². The van der Waals surface area contributed by atoms with Crippen molar-refractivity contribution in [2.75, 3.05) is 0 Å². The first-order valence-corrected chi connectivity index (χ1v) is 3.29. The van der Waals surface area contributed by atoms with E-state index >= 15 is 0 Å². The van der Waals surface area contributed by atoms with Gasteiger partial charge >= 0.3 is 0 Å². The minimum atomic E-state index is -0.632. The number of aliphatic hydroxyl groups excluding tert-OH is 1. The SMILES string of the molecule is CC/C=C/OC(O)CC. The van der Waals surface area contributed by atoms with E-state index in [0.717, 1.165) is 6.42 Å². The van der Waals surface area contributed by atoms with Gasteiger partial charge in [0.15, 0.2) is 6.29 Å². The van der Waals surface area contributed by atoms with Gasteiger partial charge in [-0.1, -0.05) is 13.8 Å². The number of hydrogen-bond donors (Lipinski definition) is 1. The predicted molar refractivity (Wildman–Crippen MR) is 36.8 cm³/mol. The second-order valence-corrected chi connectivity index (χ2v) is 1.78. The molecule has 9 heavy (non-hydrogen) atoms. The summed E-state index contributed by atoms with van der Waals surface area (Å²) in [4.78, 5) is 0. The topological polar surface area (TPSA) is 29.5 Å². The average molecular weight is 130 g/mol. The van der Waals surface area contributed by atoms with Gasteiger partial charge in [-0.2, -0.15) is 0 Å². The largest absolute Gasteiger partial charge is 0.473 e. The van der Waals surface area contributed by atoms with Crippen LogP contribution >= 0.6 is 0 Å². The van der Waals surface area contributed by atoms with E-state index in [1.54, 1.807) is 0 Å². The fourth-order valence-electron chi connectivity index (χ4n) is 0.339. The van der Waals surface area contributed by atoms with E-state index in [-0.39, 0.29) is 0 Å². The Hall–Kier alpha value is -0.500. The lowest BCUT2D eigenvalue weighted by Crippen LogP contribution is -2.04. The minimum Gasteiger partial charge on any atom is -0.473 e. The number of aliphatic hydroxyl groups is 1. The van der Waals surface area contributed by atoms with Crippen LogP contribution in [0.4, 0.5) is 0 Å². The smallest absolute Gasteiger partial charge is 0.196 e. The maximum Gasteiger partial charge on any atom is 0.196 e. The highest BCUT2D eigenvalue weighted by Gasteiger charge is 1.93. The van der Waals surface area contributed by atoms with E-state index in [9.17, 15) is 0 Å². The molecule has 0 aromatic heterocycles. The molecule has 0 spiro atoms. The van der Waals surface area contributed by atoms with Crippen molar-refractivity contribution in [3.63, 3.8) is 0 Å². The van der Waals surface area contributed by atoms with Gasteiger partial charge in [0.05, 0.1) is 6.26 Å². The third-order valence-corrected chi connectivity index (χ3v) is 0.917. The third-order valence-electron chi connectivity index (χ3n) is 0.917. The highest BCUT2D eigenvalue weighted by molar-refractivity contribution is 4.70. The van der Waals surface area contributed by atoms with E-state index < -0.39 is 6.29 Å². The van der Waals surface area contributed by atoms with Crippen molar-refractivity contribution in [3.8, 4) is 0 Å². The van der Waals surface area contributed by atoms with Gasteiger partial charge < -0.3 is 9.84 Å². The Morgan fingerprint density at radius 3 is 2.67 bits per heavy atom. The van der Waals surface area contributed by atoms with Gasteiger partial charge in [0.2, 0.25) is 0 Å². The number of hydrogen-bond acceptors (Lipinski definition) is 2. The van der Waals surface area contributed by atoms with Crippen LogP contribution in [0, 0.1) is 0 Å². The Bertz CT molecular complexity index is 79.0. The Morgan fingerprint density at radius 1 is 1.56 bits per heavy atom. The van der Waals surface area contributed by atoms with Crippen LogP contribution in [0.3, 0.4) is 0 Å². The van der Waals surface area contributed by atoms with Crippen molar-refractivity contribution in [1.29, 1.82) is 0 Å². The fraction of sp³-hybridized carbons (Fsp3) is 0.714. The molecule has 0 fully saturated rings. The molecule has 0 aliphatic heterocycles. The van der Waals surface area contributed by atoms with E-state index in [1.165, 1.54) is 6.26 Å². The zero-order chi connectivity index (χ0) is 7.11. The summed E-state index contributed by atoms with van der Waals surface area (Å²) in [5, 5.41) is 8.81. The van der Waals surface area contributed by atoms with Gasteiger partial charge in [-0.3, -0.25) is 0 Å². The average Bonchev–Trinajstić information content (AvgIpc) is 1.89. The molecule has 0 aliphatic carbocycles. The molecule has 0 aromatic carbocycles. The molecule has 1 atom stereocenters. The van der Waals surface area contributed by atoms with Crippen LogP contribution in [0.15, 0.2) is 12.3 Å². The van der Waals surface area contributed by atoms with Crippen molar-refractivity contribution in [2.45, 2.75) is 33.0 Å². The molecule has 2 nitrogen and oxygen atoms in total. The highest BCUT2D eigenvalue weighted by atomic mass is 16.6. The quantitative estimate of drug-likeness (QED) is 0.463. The molecule has 1 unspecified atom stereocenters. The lowest BCUT2D eigenvalue weighted by molar-refractivity contribution is -0.0527. The molecular weight excluding hydrogens is 116 g/mol. The second kappa shape index (κ2) is 5.63. The molecule has 0 bridgehead atoms. The van der Waals surface area contributed by atoms with Crippen LogP contribution in [0.2, 0.25) is 0 Å². The van der Waals surface area contributed by atoms with Gasteiger partial charge in [-0.25, -0.2) is 0 Å². The second-order valence-electron chi connectivity index (χ2n) is 1.78. The molecule has 0 saturated heterocycles. The first-order chi connectivity index (χ1) is 4.31. The van der Waals surface area contributed by atoms with Gasteiger partial charge in [-0.05, 0) is 12.5 Å². The molecular formula is C7H14O2. The van der Waals surface area contributed by atoms with Crippen molar-refractivity contribution >= 4 is 0 Å². The molecule has 54 valence electrons. The summed E-state index contributed by atoms with van der Waals surface area (Å²) in [6, 6.07) is 0. The molecule has 0 amide bonds. The van der Waals surface area contributed by atoms with Crippen LogP contribution in [0.25, 0.3) is 0 Å². The third kappa shape index (κ3) is 5.37. The normalized spacial score (nSPS) is 14.1. The maximum absolute atomic E-state index is 8.81. The number of rotatable bonds is 4. The summed E-state index contributed by atoms with van der Waals surface area (Å²) in [5.41, 5.74) is 0. The van der Waals surface area contributed by atoms with Crippen molar-refractivity contribution in [3.05, 3.63) is 12.3 Å². The monoisotopic (exact) mass is 130 g/mol. The summed E-state index contributed by atoms with van der Waals surface area (Å²) in [7, 11) is 0. The first kappa shape index (κ1) is 8.50. The highest BCUT2D eigenvalue weighted by Crippen LogP contribution is 1.93. The van der Waals surface area contributed by atoms with Crippen LogP contribution in [0.5, 0.6) is 0 Å². The molecule has 0 aliphatic rings. The molecule has 2 heteroatoms. The molecule has 0 rings (SSSR count). The van der Waals surface area contributed by atoms with E-state index in [2.05, 4.69) is 0 Å². The van der Waals surface area contributed by atoms with Crippen LogP contribution < -0.4 is 0 Å². The van der Waals surface area contributed by atoms with Gasteiger partial charge in [0, 0.05) is 6.42 Å². The Balaban J connectivity index is 3.15. The molecule has 0 saturated carbocycles. The molecule has 0 radical (unpaired) electrons. The lowest BCUT2D eigenvalue weighted by atomic mass is 10.5. The lowest BCUT2D eigenvalue weighted by Gasteiger charge is -2.04. The zero-order valence-electron chi connectivity index (χ0n) is 6.00. The van der Waals surface area contributed by atoms with Crippen LogP contribution in [0.1, 0.15) is 26.7 Å². The van der Waals surface area contributed by atoms with Crippen molar-refractivity contribution in [1.82, 2.24) is 0 Å². The van der Waals surface area contributed by atoms with Crippen LogP contribution in [-0.4, -0.2) is 11.4 Å². The molecule has 1 N–H and O–H groups in total. The van der Waals surface area contributed by atoms with E-state index in [4.69, 9.17) is 9.84 Å². The number of allylic oxidation sites excluding steroid dienone is 1. The fourth-order valence-corrected chi connectivity index (χ4v) is 0.339. The van der Waals surface area contributed by atoms with Gasteiger partial charge in [-0.15, -0.1) is 0 Å². The zero-order valence-corrected chi connectivity index (χ0v) is 6.00. The minimum absolute atomic E-state index is 0.632. The Morgan fingerprint density at radius 2 is 2.22 bits per heavy atom. The molecule has 0 heterocycles. The summed E-state index contributed by atoms with van der Waals surface area (Å²) < 4.78 is 4.81. The van der Waals surface area contributed by atoms with Gasteiger partial charge in [0.25, 0.3) is 0 Å². The standard InChI is InChI=1S/C7H14O2/c1-3-5-6-9-7(8)4-2/h5-8H,3-4H2,1-2H3/b6-5+. The predicted octanol–water partition coefficient (Wildman–Crippen LogP) is 1.66. The van der Waals surface area contributed by atoms with E-state index in [1.807, 2.05) is 19.9 Å².